The van der Waals surface area contributed by atoms with Crippen LogP contribution in [0, 0.1) is 5.82 Å². The number of methoxy groups -OCH3 is 1. The Labute approximate surface area is 211 Å². The number of carbonyl (C=O) groups is 1. The Morgan fingerprint density at radius 1 is 1.11 bits per heavy atom. The van der Waals surface area contributed by atoms with Crippen molar-refractivity contribution in [1.29, 1.82) is 0 Å². The van der Waals surface area contributed by atoms with Gasteiger partial charge >= 0.3 is 0 Å². The van der Waals surface area contributed by atoms with Gasteiger partial charge < -0.3 is 19.5 Å². The molecule has 6 nitrogen and oxygen atoms in total. The van der Waals surface area contributed by atoms with Crippen molar-refractivity contribution >= 4 is 46.2 Å². The molecule has 0 unspecified atom stereocenters. The Hall–Kier alpha value is -3.49. The largest absolute Gasteiger partial charge is 0.494 e. The normalized spacial score (nSPS) is 15.4. The lowest BCUT2D eigenvalue weighted by Crippen LogP contribution is -2.19. The Morgan fingerprint density at radius 3 is 2.60 bits per heavy atom. The van der Waals surface area contributed by atoms with Crippen LogP contribution in [0.25, 0.3) is 6.08 Å². The molecule has 1 N–H and O–H groups in total. The van der Waals surface area contributed by atoms with Gasteiger partial charge in [-0.2, -0.15) is 0 Å². The molecule has 1 saturated heterocycles. The van der Waals surface area contributed by atoms with Crippen molar-refractivity contribution in [2.45, 2.75) is 13.5 Å². The molecular formula is C26H22ClFN2O4S. The number of carbonyl (C=O) groups excluding carboxylic acids is 1. The first kappa shape index (κ1) is 24.6. The fraction of sp³-hybridized carbons (Fsp3) is 0.154. The van der Waals surface area contributed by atoms with Crippen molar-refractivity contribution < 1.29 is 23.4 Å². The molecular weight excluding hydrogens is 491 g/mol. The summed E-state index contributed by atoms with van der Waals surface area (Å²) < 4.78 is 30.5. The van der Waals surface area contributed by atoms with Crippen molar-refractivity contribution in [2.75, 3.05) is 13.7 Å². The molecule has 1 fully saturated rings. The van der Waals surface area contributed by atoms with E-state index in [0.29, 0.717) is 45.0 Å². The van der Waals surface area contributed by atoms with Crippen LogP contribution in [-0.2, 0) is 11.4 Å². The topological polar surface area (TPSA) is 69.2 Å². The van der Waals surface area contributed by atoms with Crippen LogP contribution in [0.4, 0.5) is 10.1 Å². The van der Waals surface area contributed by atoms with Gasteiger partial charge in [0.25, 0.3) is 5.91 Å². The SMILES string of the molecule is CCOc1ccc(N=C2NC(=O)/C(=C\c3cc(Cl)c(OCc4ccccc4F)c(OC)c3)S2)cc1. The summed E-state index contributed by atoms with van der Waals surface area (Å²) >= 11 is 7.66. The predicted molar refractivity (Wildman–Crippen MR) is 137 cm³/mol. The summed E-state index contributed by atoms with van der Waals surface area (Å²) in [5.74, 6) is 0.783. The molecule has 1 aliphatic heterocycles. The zero-order valence-corrected chi connectivity index (χ0v) is 20.6. The van der Waals surface area contributed by atoms with E-state index in [1.807, 2.05) is 31.2 Å². The number of hydrogen-bond acceptors (Lipinski definition) is 6. The number of ether oxygens (including phenoxy) is 3. The quantitative estimate of drug-likeness (QED) is 0.356. The number of amides is 1. The van der Waals surface area contributed by atoms with Crippen LogP contribution in [0.1, 0.15) is 18.1 Å². The minimum absolute atomic E-state index is 0.00712. The monoisotopic (exact) mass is 512 g/mol. The lowest BCUT2D eigenvalue weighted by atomic mass is 10.1. The highest BCUT2D eigenvalue weighted by Gasteiger charge is 2.24. The predicted octanol–water partition coefficient (Wildman–Crippen LogP) is 6.36. The van der Waals surface area contributed by atoms with Gasteiger partial charge in [-0.25, -0.2) is 9.38 Å². The van der Waals surface area contributed by atoms with Gasteiger partial charge in [0.15, 0.2) is 16.7 Å². The van der Waals surface area contributed by atoms with Crippen molar-refractivity contribution in [3.8, 4) is 17.2 Å². The average molecular weight is 513 g/mol. The van der Waals surface area contributed by atoms with Crippen molar-refractivity contribution in [1.82, 2.24) is 5.32 Å². The number of benzene rings is 3. The molecule has 0 aromatic heterocycles. The van der Waals surface area contributed by atoms with Gasteiger partial charge in [0, 0.05) is 5.56 Å². The smallest absolute Gasteiger partial charge is 0.264 e. The third-order valence-electron chi connectivity index (χ3n) is 4.91. The molecule has 35 heavy (non-hydrogen) atoms. The van der Waals surface area contributed by atoms with E-state index in [4.69, 9.17) is 25.8 Å². The first-order chi connectivity index (χ1) is 17.0. The number of aliphatic imine (C=N–C) groups is 1. The fourth-order valence-corrected chi connectivity index (χ4v) is 4.38. The Bertz CT molecular complexity index is 1300. The molecule has 1 heterocycles. The number of amidine groups is 1. The van der Waals surface area contributed by atoms with Gasteiger partial charge in [0.05, 0.1) is 29.3 Å². The molecule has 0 radical (unpaired) electrons. The third-order valence-corrected chi connectivity index (χ3v) is 6.10. The zero-order chi connectivity index (χ0) is 24.8. The maximum atomic E-state index is 13.9. The first-order valence-corrected chi connectivity index (χ1v) is 11.9. The maximum Gasteiger partial charge on any atom is 0.264 e. The molecule has 1 aliphatic rings. The molecule has 180 valence electrons. The molecule has 0 spiro atoms. The van der Waals surface area contributed by atoms with Crippen LogP contribution < -0.4 is 19.5 Å². The van der Waals surface area contributed by atoms with Crippen LogP contribution in [0.3, 0.4) is 0 Å². The summed E-state index contributed by atoms with van der Waals surface area (Å²) in [6.45, 7) is 2.50. The Balaban J connectivity index is 1.51. The van der Waals surface area contributed by atoms with Crippen molar-refractivity contribution in [3.63, 3.8) is 0 Å². The highest BCUT2D eigenvalue weighted by atomic mass is 35.5. The number of nitrogens with zero attached hydrogens (tertiary/aromatic N) is 1. The second-order valence-corrected chi connectivity index (χ2v) is 8.76. The molecule has 3 aromatic rings. The summed E-state index contributed by atoms with van der Waals surface area (Å²) in [6, 6.07) is 17.0. The van der Waals surface area contributed by atoms with E-state index in [1.165, 1.54) is 24.9 Å². The summed E-state index contributed by atoms with van der Waals surface area (Å²) in [5.41, 5.74) is 1.74. The van der Waals surface area contributed by atoms with Crippen LogP contribution in [0.2, 0.25) is 5.02 Å². The minimum atomic E-state index is -0.365. The van der Waals surface area contributed by atoms with Gasteiger partial charge in [-0.3, -0.25) is 4.79 Å². The average Bonchev–Trinajstić information content (AvgIpc) is 3.18. The van der Waals surface area contributed by atoms with E-state index in [9.17, 15) is 9.18 Å². The molecule has 0 bridgehead atoms. The Morgan fingerprint density at radius 2 is 1.89 bits per heavy atom. The minimum Gasteiger partial charge on any atom is -0.494 e. The molecule has 1 amide bonds. The maximum absolute atomic E-state index is 13.9. The van der Waals surface area contributed by atoms with Crippen LogP contribution in [0.15, 0.2) is 70.6 Å². The van der Waals surface area contributed by atoms with E-state index in [-0.39, 0.29) is 23.4 Å². The summed E-state index contributed by atoms with van der Waals surface area (Å²) in [6.07, 6.45) is 1.69. The van der Waals surface area contributed by atoms with Gasteiger partial charge in [0.1, 0.15) is 18.2 Å². The fourth-order valence-electron chi connectivity index (χ4n) is 3.26. The van der Waals surface area contributed by atoms with E-state index in [2.05, 4.69) is 10.3 Å². The van der Waals surface area contributed by atoms with Crippen LogP contribution in [-0.4, -0.2) is 24.8 Å². The Kier molecular flexibility index (Phi) is 7.94. The molecule has 9 heteroatoms. The molecule has 0 saturated carbocycles. The van der Waals surface area contributed by atoms with Crippen molar-refractivity contribution in [2.24, 2.45) is 4.99 Å². The van der Waals surface area contributed by atoms with E-state index in [1.54, 1.807) is 36.4 Å². The standard InChI is InChI=1S/C26H22ClFN2O4S/c1-3-33-19-10-8-18(9-11-19)29-26-30-25(31)23(35-26)14-16-12-20(27)24(22(13-16)32-2)34-15-17-6-4-5-7-21(17)28/h4-14H,3,15H2,1-2H3,(H,29,30,31)/b23-14+. The van der Waals surface area contributed by atoms with Gasteiger partial charge in [-0.15, -0.1) is 0 Å². The zero-order valence-electron chi connectivity index (χ0n) is 19.0. The first-order valence-electron chi connectivity index (χ1n) is 10.7. The van der Waals surface area contributed by atoms with Crippen LogP contribution >= 0.6 is 23.4 Å². The number of hydrogen-bond donors (Lipinski definition) is 1. The molecule has 0 aliphatic carbocycles. The molecule has 0 atom stereocenters. The second kappa shape index (κ2) is 11.3. The number of nitrogens with one attached hydrogen (secondary N) is 1. The highest BCUT2D eigenvalue weighted by molar-refractivity contribution is 8.18. The highest BCUT2D eigenvalue weighted by Crippen LogP contribution is 2.38. The van der Waals surface area contributed by atoms with Gasteiger partial charge in [-0.1, -0.05) is 29.8 Å². The summed E-state index contributed by atoms with van der Waals surface area (Å²) in [5, 5.41) is 3.50. The number of halogens is 2. The van der Waals surface area contributed by atoms with E-state index >= 15 is 0 Å². The van der Waals surface area contributed by atoms with E-state index < -0.39 is 0 Å². The number of rotatable bonds is 8. The van der Waals surface area contributed by atoms with Crippen LogP contribution in [0.5, 0.6) is 17.2 Å². The lowest BCUT2D eigenvalue weighted by molar-refractivity contribution is -0.115. The molecule has 4 rings (SSSR count). The molecule has 3 aromatic carbocycles. The lowest BCUT2D eigenvalue weighted by Gasteiger charge is -2.14. The summed E-state index contributed by atoms with van der Waals surface area (Å²) in [4.78, 5) is 17.4. The van der Waals surface area contributed by atoms with Crippen molar-refractivity contribution in [3.05, 3.63) is 87.5 Å². The third kappa shape index (κ3) is 6.15. The van der Waals surface area contributed by atoms with E-state index in [0.717, 1.165) is 5.75 Å². The number of thioether (sulfide) groups is 1. The van der Waals surface area contributed by atoms with Gasteiger partial charge in [0.2, 0.25) is 0 Å². The second-order valence-electron chi connectivity index (χ2n) is 7.32. The summed E-state index contributed by atoms with van der Waals surface area (Å²) in [7, 11) is 1.48. The van der Waals surface area contributed by atoms with Gasteiger partial charge in [-0.05, 0) is 72.8 Å².